The molecule has 2 fully saturated rings. The molecule has 1 saturated carbocycles. The first-order valence-corrected chi connectivity index (χ1v) is 13.3. The lowest BCUT2D eigenvalue weighted by Crippen LogP contribution is -2.41. The number of nitrogens with one attached hydrogen (secondary N) is 2. The SMILES string of the molecule is [2H][C@@](C)(COC)NC1CCC(Cc2cc(-c3cccc(NCC4(C#N)CCOCC4)n3)c(Cl)cn2)CC1. The second-order valence-electron chi connectivity index (χ2n) is 10.2. The van der Waals surface area contributed by atoms with Gasteiger partial charge in [-0.3, -0.25) is 4.98 Å². The lowest BCUT2D eigenvalue weighted by atomic mass is 9.82. The van der Waals surface area contributed by atoms with Crippen LogP contribution in [-0.4, -0.2) is 55.5 Å². The highest BCUT2D eigenvalue weighted by Gasteiger charge is 2.32. The molecule has 36 heavy (non-hydrogen) atoms. The number of nitriles is 1. The first kappa shape index (κ1) is 25.4. The normalized spacial score (nSPS) is 23.8. The zero-order chi connectivity index (χ0) is 26.3. The lowest BCUT2D eigenvalue weighted by Gasteiger charge is -2.31. The Labute approximate surface area is 221 Å². The number of anilines is 1. The zero-order valence-corrected chi connectivity index (χ0v) is 22.1. The van der Waals surface area contributed by atoms with Crippen molar-refractivity contribution >= 4 is 17.4 Å². The topological polar surface area (TPSA) is 92.1 Å². The Morgan fingerprint density at radius 3 is 2.81 bits per heavy atom. The van der Waals surface area contributed by atoms with E-state index in [4.69, 9.17) is 27.4 Å². The number of rotatable bonds is 10. The summed E-state index contributed by atoms with van der Waals surface area (Å²) in [6, 6.07) is 9.99. The molecule has 2 N–H and O–H groups in total. The molecule has 2 aromatic heterocycles. The molecule has 1 aliphatic carbocycles. The average Bonchev–Trinajstić information content (AvgIpc) is 2.90. The standard InChI is InChI=1S/C28H38ClN5O2/c1-20(17-35-2)33-22-8-6-21(7-9-22)14-23-15-24(25(29)16-31-23)26-4-3-5-27(34-26)32-19-28(18-30)10-12-36-13-11-28/h3-5,15-16,20-22,33H,6-14,17,19H2,1-2H3,(H,32,34)/t20-,21?,22?/m1/s1/i20D. The van der Waals surface area contributed by atoms with Crippen LogP contribution in [-0.2, 0) is 15.9 Å². The predicted molar refractivity (Wildman–Crippen MR) is 143 cm³/mol. The van der Waals surface area contributed by atoms with Gasteiger partial charge in [-0.25, -0.2) is 4.98 Å². The van der Waals surface area contributed by atoms with Gasteiger partial charge >= 0.3 is 0 Å². The largest absolute Gasteiger partial charge is 0.383 e. The highest BCUT2D eigenvalue weighted by molar-refractivity contribution is 6.33. The van der Waals surface area contributed by atoms with Gasteiger partial charge in [0, 0.05) is 57.8 Å². The Morgan fingerprint density at radius 2 is 2.08 bits per heavy atom. The van der Waals surface area contributed by atoms with Gasteiger partial charge in [0.05, 0.1) is 28.8 Å². The Bertz CT molecular complexity index is 1080. The number of pyridine rings is 2. The van der Waals surface area contributed by atoms with Crippen LogP contribution in [0, 0.1) is 22.7 Å². The molecule has 2 aliphatic rings. The maximum absolute atomic E-state index is 9.73. The first-order chi connectivity index (χ1) is 17.8. The molecule has 8 heteroatoms. The quantitative estimate of drug-likeness (QED) is 0.448. The molecule has 0 radical (unpaired) electrons. The number of hydrogen-bond donors (Lipinski definition) is 2. The molecular formula is C28H38ClN5O2. The van der Waals surface area contributed by atoms with Crippen molar-refractivity contribution in [2.75, 3.05) is 38.8 Å². The van der Waals surface area contributed by atoms with E-state index in [1.165, 1.54) is 0 Å². The molecular weight excluding hydrogens is 474 g/mol. The fourth-order valence-corrected chi connectivity index (χ4v) is 5.44. The first-order valence-electron chi connectivity index (χ1n) is 13.4. The summed E-state index contributed by atoms with van der Waals surface area (Å²) in [5.41, 5.74) is 2.26. The average molecular weight is 513 g/mol. The van der Waals surface area contributed by atoms with Crippen LogP contribution in [0.25, 0.3) is 11.3 Å². The van der Waals surface area contributed by atoms with Crippen LogP contribution in [0.5, 0.6) is 0 Å². The van der Waals surface area contributed by atoms with Gasteiger partial charge in [-0.05, 0) is 76.0 Å². The van der Waals surface area contributed by atoms with Crippen molar-refractivity contribution in [3.63, 3.8) is 0 Å². The highest BCUT2D eigenvalue weighted by Crippen LogP contribution is 2.32. The van der Waals surface area contributed by atoms with Crippen molar-refractivity contribution in [2.45, 2.75) is 63.9 Å². The molecule has 194 valence electrons. The van der Waals surface area contributed by atoms with Crippen molar-refractivity contribution in [3.05, 3.63) is 41.2 Å². The summed E-state index contributed by atoms with van der Waals surface area (Å²) in [6.07, 6.45) is 8.38. The van der Waals surface area contributed by atoms with E-state index in [0.29, 0.717) is 43.3 Å². The third kappa shape index (κ3) is 7.17. The maximum atomic E-state index is 9.73. The van der Waals surface area contributed by atoms with E-state index in [0.717, 1.165) is 67.7 Å². The molecule has 1 atom stereocenters. The smallest absolute Gasteiger partial charge is 0.126 e. The monoisotopic (exact) mass is 512 g/mol. The Kier molecular flexibility index (Phi) is 9.05. The van der Waals surface area contributed by atoms with E-state index in [-0.39, 0.29) is 0 Å². The van der Waals surface area contributed by atoms with E-state index in [9.17, 15) is 5.26 Å². The number of nitrogens with zero attached hydrogens (tertiary/aromatic N) is 3. The summed E-state index contributed by atoms with van der Waals surface area (Å²) < 4.78 is 18.9. The van der Waals surface area contributed by atoms with Crippen LogP contribution >= 0.6 is 11.6 Å². The molecule has 4 rings (SSSR count). The Hall–Kier alpha value is -2.24. The second kappa shape index (κ2) is 12.8. The van der Waals surface area contributed by atoms with Gasteiger partial charge in [-0.15, -0.1) is 0 Å². The molecule has 0 aromatic carbocycles. The fourth-order valence-electron chi connectivity index (χ4n) is 5.24. The van der Waals surface area contributed by atoms with Gasteiger partial charge in [0.15, 0.2) is 0 Å². The van der Waals surface area contributed by atoms with E-state index < -0.39 is 11.4 Å². The number of aromatic nitrogens is 2. The third-order valence-electron chi connectivity index (χ3n) is 7.39. The molecule has 7 nitrogen and oxygen atoms in total. The van der Waals surface area contributed by atoms with Crippen LogP contribution < -0.4 is 10.6 Å². The fraction of sp³-hybridized carbons (Fsp3) is 0.607. The number of methoxy groups -OCH3 is 1. The van der Waals surface area contributed by atoms with Crippen LogP contribution in [0.3, 0.4) is 0 Å². The number of ether oxygens (including phenoxy) is 2. The van der Waals surface area contributed by atoms with Gasteiger partial charge in [0.25, 0.3) is 0 Å². The van der Waals surface area contributed by atoms with Crippen LogP contribution in [0.15, 0.2) is 30.5 Å². The zero-order valence-electron chi connectivity index (χ0n) is 22.4. The summed E-state index contributed by atoms with van der Waals surface area (Å²) >= 11 is 6.56. The van der Waals surface area contributed by atoms with Gasteiger partial charge in [-0.1, -0.05) is 17.7 Å². The highest BCUT2D eigenvalue weighted by atomic mass is 35.5. The molecule has 0 spiro atoms. The van der Waals surface area contributed by atoms with E-state index in [2.05, 4.69) is 27.8 Å². The van der Waals surface area contributed by atoms with Crippen molar-refractivity contribution in [3.8, 4) is 17.3 Å². The molecule has 0 amide bonds. The van der Waals surface area contributed by atoms with Crippen LogP contribution in [0.1, 0.15) is 52.5 Å². The van der Waals surface area contributed by atoms with Crippen LogP contribution in [0.4, 0.5) is 5.82 Å². The van der Waals surface area contributed by atoms with Gasteiger partial charge in [-0.2, -0.15) is 5.26 Å². The Balaban J connectivity index is 1.37. The summed E-state index contributed by atoms with van der Waals surface area (Å²) in [5, 5.41) is 17.1. The third-order valence-corrected chi connectivity index (χ3v) is 7.69. The molecule has 2 aromatic rings. The molecule has 0 bridgehead atoms. The van der Waals surface area contributed by atoms with E-state index in [1.807, 2.05) is 25.1 Å². The molecule has 1 saturated heterocycles. The van der Waals surface area contributed by atoms with Gasteiger partial charge in [0.2, 0.25) is 0 Å². The molecule has 1 aliphatic heterocycles. The van der Waals surface area contributed by atoms with Crippen LogP contribution in [0.2, 0.25) is 5.02 Å². The van der Waals surface area contributed by atoms with Crippen molar-refractivity contribution < 1.29 is 10.8 Å². The number of halogens is 1. The lowest BCUT2D eigenvalue weighted by molar-refractivity contribution is 0.0455. The van der Waals surface area contributed by atoms with Crippen molar-refractivity contribution in [2.24, 2.45) is 11.3 Å². The summed E-state index contributed by atoms with van der Waals surface area (Å²) in [7, 11) is 1.64. The predicted octanol–water partition coefficient (Wildman–Crippen LogP) is 5.26. The summed E-state index contributed by atoms with van der Waals surface area (Å²) in [5.74, 6) is 1.29. The maximum Gasteiger partial charge on any atom is 0.126 e. The van der Waals surface area contributed by atoms with Gasteiger partial charge < -0.3 is 20.1 Å². The second-order valence-corrected chi connectivity index (χ2v) is 10.6. The molecule has 3 heterocycles. The molecule has 0 unspecified atom stereocenters. The van der Waals surface area contributed by atoms with Crippen molar-refractivity contribution in [1.29, 1.82) is 5.26 Å². The summed E-state index contributed by atoms with van der Waals surface area (Å²) in [4.78, 5) is 9.42. The van der Waals surface area contributed by atoms with Crippen molar-refractivity contribution in [1.82, 2.24) is 15.3 Å². The van der Waals surface area contributed by atoms with E-state index >= 15 is 0 Å². The minimum Gasteiger partial charge on any atom is -0.383 e. The van der Waals surface area contributed by atoms with E-state index in [1.54, 1.807) is 13.3 Å². The Morgan fingerprint density at radius 1 is 1.31 bits per heavy atom. The number of hydrogen-bond acceptors (Lipinski definition) is 7. The van der Waals surface area contributed by atoms with Gasteiger partial charge in [0.1, 0.15) is 5.82 Å². The summed E-state index contributed by atoms with van der Waals surface area (Å²) in [6.45, 7) is 4.03. The minimum absolute atomic E-state index is 0.350. The minimum atomic E-state index is -0.755.